The largest absolute Gasteiger partial charge is 0.448 e. The van der Waals surface area contributed by atoms with Gasteiger partial charge in [0, 0.05) is 12.1 Å². The number of aryl methyl sites for hydroxylation is 1. The van der Waals surface area contributed by atoms with E-state index in [0.29, 0.717) is 0 Å². The van der Waals surface area contributed by atoms with E-state index < -0.39 is 50.6 Å². The molecule has 0 aliphatic heterocycles. The van der Waals surface area contributed by atoms with Crippen molar-refractivity contribution in [1.82, 2.24) is 5.32 Å². The van der Waals surface area contributed by atoms with Crippen LogP contribution in [0.1, 0.15) is 29.8 Å². The van der Waals surface area contributed by atoms with Crippen molar-refractivity contribution in [2.45, 2.75) is 31.8 Å². The van der Waals surface area contributed by atoms with Crippen molar-refractivity contribution >= 4 is 39.3 Å². The summed E-state index contributed by atoms with van der Waals surface area (Å²) >= 11 is 0. The van der Waals surface area contributed by atoms with Crippen molar-refractivity contribution in [3.8, 4) is 0 Å². The highest BCUT2D eigenvalue weighted by Gasteiger charge is 2.29. The number of hydrogen-bond donors (Lipinski definition) is 3. The molecule has 0 radical (unpaired) electrons. The molecule has 3 amide bonds. The lowest BCUT2D eigenvalue weighted by molar-refractivity contribution is -0.385. The number of nitro groups is 1. The van der Waals surface area contributed by atoms with Crippen LogP contribution in [0.5, 0.6) is 0 Å². The van der Waals surface area contributed by atoms with Crippen LogP contribution in [-0.4, -0.2) is 37.4 Å². The van der Waals surface area contributed by atoms with Gasteiger partial charge in [-0.3, -0.25) is 24.9 Å². The average Bonchev–Trinajstić information content (AvgIpc) is 2.71. The molecule has 176 valence electrons. The van der Waals surface area contributed by atoms with E-state index in [0.717, 1.165) is 6.07 Å². The normalized spacial score (nSPS) is 12.0. The number of sulfonamides is 1. The Balaban J connectivity index is 2.38. The Morgan fingerprint density at radius 3 is 2.33 bits per heavy atom. The number of imide groups is 1. The highest BCUT2D eigenvalue weighted by atomic mass is 32.2. The molecule has 0 aliphatic rings. The number of rotatable bonds is 8. The summed E-state index contributed by atoms with van der Waals surface area (Å²) in [7, 11) is -4.34. The van der Waals surface area contributed by atoms with Gasteiger partial charge in [-0.05, 0) is 30.5 Å². The first-order valence-corrected chi connectivity index (χ1v) is 11.0. The van der Waals surface area contributed by atoms with Gasteiger partial charge in [-0.2, -0.15) is 0 Å². The molecule has 0 saturated heterocycles. The summed E-state index contributed by atoms with van der Waals surface area (Å²) in [5.74, 6) is -2.51. The SMILES string of the molecule is Cc1ccc([N+](=O)[O-])cc1S(=O)(=O)Nc1ccccc1C(=O)O[C@H](C(=O)NC(N)=O)C(C)C. The number of urea groups is 1. The van der Waals surface area contributed by atoms with Gasteiger partial charge in [0.25, 0.3) is 21.6 Å². The fourth-order valence-electron chi connectivity index (χ4n) is 2.81. The summed E-state index contributed by atoms with van der Waals surface area (Å²) in [6.07, 6.45) is -1.38. The van der Waals surface area contributed by atoms with Gasteiger partial charge in [-0.1, -0.05) is 32.0 Å². The van der Waals surface area contributed by atoms with Gasteiger partial charge in [0.15, 0.2) is 6.10 Å². The van der Waals surface area contributed by atoms with Gasteiger partial charge in [-0.15, -0.1) is 0 Å². The Morgan fingerprint density at radius 1 is 1.12 bits per heavy atom. The summed E-state index contributed by atoms with van der Waals surface area (Å²) in [5, 5.41) is 12.9. The number of carbonyl (C=O) groups is 3. The van der Waals surface area contributed by atoms with Crippen molar-refractivity contribution < 1.29 is 32.5 Å². The van der Waals surface area contributed by atoms with Crippen molar-refractivity contribution in [3.63, 3.8) is 0 Å². The van der Waals surface area contributed by atoms with Crippen LogP contribution >= 0.6 is 0 Å². The van der Waals surface area contributed by atoms with Crippen LogP contribution < -0.4 is 15.8 Å². The highest BCUT2D eigenvalue weighted by Crippen LogP contribution is 2.26. The summed E-state index contributed by atoms with van der Waals surface area (Å²) in [4.78, 5) is 45.8. The lowest BCUT2D eigenvalue weighted by Crippen LogP contribution is -2.45. The van der Waals surface area contributed by atoms with E-state index in [1.54, 1.807) is 13.8 Å². The molecule has 0 aromatic heterocycles. The van der Waals surface area contributed by atoms with Crippen LogP contribution in [0, 0.1) is 23.0 Å². The minimum atomic E-state index is -4.34. The van der Waals surface area contributed by atoms with Crippen LogP contribution in [0.25, 0.3) is 0 Å². The molecule has 0 heterocycles. The lowest BCUT2D eigenvalue weighted by Gasteiger charge is -2.21. The molecule has 0 fully saturated rings. The topological polar surface area (TPSA) is 188 Å². The molecule has 13 heteroatoms. The maximum atomic E-state index is 12.9. The van der Waals surface area contributed by atoms with E-state index in [1.165, 1.54) is 43.3 Å². The predicted molar refractivity (Wildman–Crippen MR) is 117 cm³/mol. The van der Waals surface area contributed by atoms with Gasteiger partial charge in [0.05, 0.1) is 21.1 Å². The number of primary amides is 1. The second kappa shape index (κ2) is 10.1. The second-order valence-corrected chi connectivity index (χ2v) is 8.93. The first-order chi connectivity index (χ1) is 15.3. The molecule has 0 saturated carbocycles. The maximum Gasteiger partial charge on any atom is 0.341 e. The van der Waals surface area contributed by atoms with E-state index in [2.05, 4.69) is 4.72 Å². The van der Waals surface area contributed by atoms with E-state index >= 15 is 0 Å². The number of nitrogens with two attached hydrogens (primary N) is 1. The molecule has 33 heavy (non-hydrogen) atoms. The number of carbonyl (C=O) groups excluding carboxylic acids is 3. The first kappa shape index (κ1) is 25.3. The number of ether oxygens (including phenoxy) is 1. The highest BCUT2D eigenvalue weighted by molar-refractivity contribution is 7.92. The molecular weight excluding hydrogens is 456 g/mol. The van der Waals surface area contributed by atoms with Crippen molar-refractivity contribution in [2.24, 2.45) is 11.7 Å². The molecular formula is C20H22N4O8S. The Labute approximate surface area is 189 Å². The Bertz CT molecular complexity index is 1210. The van der Waals surface area contributed by atoms with Gasteiger partial charge in [0.2, 0.25) is 0 Å². The van der Waals surface area contributed by atoms with Gasteiger partial charge in [0.1, 0.15) is 0 Å². The smallest absolute Gasteiger partial charge is 0.341 e. The monoisotopic (exact) mass is 478 g/mol. The van der Waals surface area contributed by atoms with E-state index in [9.17, 15) is 32.9 Å². The quantitative estimate of drug-likeness (QED) is 0.292. The van der Waals surface area contributed by atoms with Crippen LogP contribution in [0.4, 0.5) is 16.2 Å². The Hall–Kier alpha value is -4.00. The van der Waals surface area contributed by atoms with E-state index in [1.807, 2.05) is 5.32 Å². The van der Waals surface area contributed by atoms with Gasteiger partial charge < -0.3 is 10.5 Å². The molecule has 1 atom stereocenters. The standard InChI is InChI=1S/C20H22N4O8S/c1-11(2)17(18(25)22-20(21)27)32-19(26)14-6-4-5-7-15(14)23-33(30,31)16-10-13(24(28)29)9-8-12(16)3/h4-11,17,23H,1-3H3,(H3,21,22,25,27)/t17-/m0/s1. The third-order valence-corrected chi connectivity index (χ3v) is 5.92. The number of nitro benzene ring substituents is 1. The number of esters is 1. The van der Waals surface area contributed by atoms with Crippen molar-refractivity contribution in [3.05, 3.63) is 63.7 Å². The van der Waals surface area contributed by atoms with Crippen molar-refractivity contribution in [2.75, 3.05) is 4.72 Å². The van der Waals surface area contributed by atoms with Gasteiger partial charge in [-0.25, -0.2) is 18.0 Å². The van der Waals surface area contributed by atoms with Crippen LogP contribution in [0.15, 0.2) is 47.4 Å². The number of hydrogen-bond acceptors (Lipinski definition) is 8. The van der Waals surface area contributed by atoms with Crippen LogP contribution in [0.2, 0.25) is 0 Å². The summed E-state index contributed by atoms with van der Waals surface area (Å²) in [5.41, 5.74) is 4.36. The fraction of sp³-hybridized carbons (Fsp3) is 0.250. The molecule has 2 aromatic rings. The molecule has 0 spiro atoms. The van der Waals surface area contributed by atoms with Gasteiger partial charge >= 0.3 is 12.0 Å². The lowest BCUT2D eigenvalue weighted by atomic mass is 10.1. The first-order valence-electron chi connectivity index (χ1n) is 9.51. The zero-order valence-corrected chi connectivity index (χ0v) is 18.7. The number of anilines is 1. The zero-order chi connectivity index (χ0) is 24.9. The third kappa shape index (κ3) is 6.26. The summed E-state index contributed by atoms with van der Waals surface area (Å²) in [6, 6.07) is 7.69. The zero-order valence-electron chi connectivity index (χ0n) is 17.9. The predicted octanol–water partition coefficient (Wildman–Crippen LogP) is 2.08. The van der Waals surface area contributed by atoms with E-state index in [4.69, 9.17) is 10.5 Å². The molecule has 0 bridgehead atoms. The molecule has 4 N–H and O–H groups in total. The van der Waals surface area contributed by atoms with Crippen molar-refractivity contribution in [1.29, 1.82) is 0 Å². The minimum absolute atomic E-state index is 0.175. The molecule has 0 aliphatic carbocycles. The number of amides is 3. The second-order valence-electron chi connectivity index (χ2n) is 7.28. The van der Waals surface area contributed by atoms with Crippen LogP contribution in [0.3, 0.4) is 0 Å². The summed E-state index contributed by atoms with van der Waals surface area (Å²) < 4.78 is 33.3. The molecule has 2 aromatic carbocycles. The number of non-ortho nitro benzene ring substituents is 1. The molecule has 12 nitrogen and oxygen atoms in total. The average molecular weight is 478 g/mol. The maximum absolute atomic E-state index is 12.9. The molecule has 0 unspecified atom stereocenters. The number of benzene rings is 2. The minimum Gasteiger partial charge on any atom is -0.448 e. The Morgan fingerprint density at radius 2 is 1.76 bits per heavy atom. The van der Waals surface area contributed by atoms with E-state index in [-0.39, 0.29) is 21.7 Å². The Kier molecular flexibility index (Phi) is 7.72. The fourth-order valence-corrected chi connectivity index (χ4v) is 4.15. The number of nitrogens with one attached hydrogen (secondary N) is 2. The van der Waals surface area contributed by atoms with Crippen LogP contribution in [-0.2, 0) is 19.6 Å². The molecule has 2 rings (SSSR count). The summed E-state index contributed by atoms with van der Waals surface area (Å²) in [6.45, 7) is 4.60. The number of nitrogens with zero attached hydrogens (tertiary/aromatic N) is 1. The number of para-hydroxylation sites is 1. The third-order valence-electron chi connectivity index (χ3n) is 4.41.